The van der Waals surface area contributed by atoms with Gasteiger partial charge >= 0.3 is 0 Å². The van der Waals surface area contributed by atoms with E-state index in [0.29, 0.717) is 13.2 Å². The fraction of sp³-hybridized carbons (Fsp3) is 0.280. The van der Waals surface area contributed by atoms with Crippen molar-refractivity contribution in [3.8, 4) is 5.75 Å². The molecular formula is C25H27N3O2. The van der Waals surface area contributed by atoms with Crippen LogP contribution in [0.25, 0.3) is 0 Å². The van der Waals surface area contributed by atoms with Crippen molar-refractivity contribution < 1.29 is 9.53 Å². The lowest BCUT2D eigenvalue weighted by atomic mass is 10.0. The van der Waals surface area contributed by atoms with E-state index < -0.39 is 0 Å². The molecule has 1 atom stereocenters. The highest BCUT2D eigenvalue weighted by Crippen LogP contribution is 2.27. The molecule has 0 aliphatic carbocycles. The average molecular weight is 402 g/mol. The van der Waals surface area contributed by atoms with Crippen molar-refractivity contribution in [1.29, 1.82) is 0 Å². The van der Waals surface area contributed by atoms with Crippen LogP contribution in [0.3, 0.4) is 0 Å². The van der Waals surface area contributed by atoms with Gasteiger partial charge in [0.2, 0.25) is 0 Å². The number of aromatic nitrogens is 1. The van der Waals surface area contributed by atoms with Gasteiger partial charge in [0.05, 0.1) is 0 Å². The normalized spacial score (nSPS) is 15.8. The molecule has 0 spiro atoms. The van der Waals surface area contributed by atoms with Crippen LogP contribution in [-0.2, 0) is 6.61 Å². The SMILES string of the molecule is Cc1cc(C(=O)N2CCC(Nc3ccccc3)C2)cc(C)c1OCc1cccnc1. The number of nitrogens with zero attached hydrogens (tertiary/aromatic N) is 2. The molecule has 2 aromatic carbocycles. The third kappa shape index (κ3) is 4.62. The van der Waals surface area contributed by atoms with Gasteiger partial charge in [-0.25, -0.2) is 0 Å². The van der Waals surface area contributed by atoms with Gasteiger partial charge in [-0.3, -0.25) is 9.78 Å². The minimum atomic E-state index is 0.0809. The van der Waals surface area contributed by atoms with Crippen molar-refractivity contribution in [2.45, 2.75) is 32.9 Å². The van der Waals surface area contributed by atoms with Gasteiger partial charge in [0.15, 0.2) is 0 Å². The van der Waals surface area contributed by atoms with Crippen molar-refractivity contribution >= 4 is 11.6 Å². The molecule has 1 fully saturated rings. The molecule has 5 nitrogen and oxygen atoms in total. The van der Waals surface area contributed by atoms with Gasteiger partial charge in [0.1, 0.15) is 12.4 Å². The summed E-state index contributed by atoms with van der Waals surface area (Å²) in [5.74, 6) is 0.915. The van der Waals surface area contributed by atoms with E-state index in [0.717, 1.165) is 46.7 Å². The summed E-state index contributed by atoms with van der Waals surface area (Å²) >= 11 is 0. The summed E-state index contributed by atoms with van der Waals surface area (Å²) in [4.78, 5) is 19.1. The largest absolute Gasteiger partial charge is 0.488 e. The first-order valence-corrected chi connectivity index (χ1v) is 10.3. The standard InChI is InChI=1S/C25H27N3O2/c1-18-13-21(14-19(2)24(18)30-17-20-7-6-11-26-15-20)25(29)28-12-10-23(16-28)27-22-8-4-3-5-9-22/h3-9,11,13-15,23,27H,10,12,16-17H2,1-2H3. The molecule has 3 aromatic rings. The van der Waals surface area contributed by atoms with Crippen LogP contribution < -0.4 is 10.1 Å². The summed E-state index contributed by atoms with van der Waals surface area (Å²) in [6, 6.07) is 18.2. The molecule has 5 heteroatoms. The molecule has 30 heavy (non-hydrogen) atoms. The van der Waals surface area contributed by atoms with E-state index in [1.165, 1.54) is 0 Å². The number of carbonyl (C=O) groups excluding carboxylic acids is 1. The van der Waals surface area contributed by atoms with E-state index in [4.69, 9.17) is 4.74 Å². The number of pyridine rings is 1. The smallest absolute Gasteiger partial charge is 0.253 e. The van der Waals surface area contributed by atoms with E-state index in [9.17, 15) is 4.79 Å². The van der Waals surface area contributed by atoms with Crippen molar-refractivity contribution in [2.75, 3.05) is 18.4 Å². The van der Waals surface area contributed by atoms with Gasteiger partial charge in [-0.15, -0.1) is 0 Å². The fourth-order valence-corrected chi connectivity index (χ4v) is 3.96. The molecule has 0 saturated carbocycles. The summed E-state index contributed by atoms with van der Waals surface area (Å²) in [6.45, 7) is 5.92. The Labute approximate surface area is 177 Å². The molecule has 1 aromatic heterocycles. The van der Waals surface area contributed by atoms with Gasteiger partial charge < -0.3 is 15.0 Å². The molecule has 1 amide bonds. The number of rotatable bonds is 6. The molecular weight excluding hydrogens is 374 g/mol. The molecule has 1 aliphatic heterocycles. The maximum absolute atomic E-state index is 13.1. The number of carbonyl (C=O) groups is 1. The van der Waals surface area contributed by atoms with Crippen LogP contribution in [-0.4, -0.2) is 34.9 Å². The second kappa shape index (κ2) is 8.99. The van der Waals surface area contributed by atoms with Crippen LogP contribution in [0.2, 0.25) is 0 Å². The Morgan fingerprint density at radius 1 is 1.13 bits per heavy atom. The number of aryl methyl sites for hydroxylation is 2. The highest BCUT2D eigenvalue weighted by atomic mass is 16.5. The Bertz CT molecular complexity index is 982. The molecule has 2 heterocycles. The summed E-state index contributed by atoms with van der Waals surface area (Å²) in [5, 5.41) is 3.52. The van der Waals surface area contributed by atoms with Gasteiger partial charge in [-0.1, -0.05) is 24.3 Å². The molecule has 1 saturated heterocycles. The summed E-state index contributed by atoms with van der Waals surface area (Å²) < 4.78 is 6.02. The monoisotopic (exact) mass is 401 g/mol. The van der Waals surface area contributed by atoms with E-state index in [-0.39, 0.29) is 11.9 Å². The van der Waals surface area contributed by atoms with Crippen LogP contribution in [0.4, 0.5) is 5.69 Å². The zero-order chi connectivity index (χ0) is 20.9. The van der Waals surface area contributed by atoms with E-state index >= 15 is 0 Å². The van der Waals surface area contributed by atoms with Crippen molar-refractivity contribution in [3.05, 3.63) is 89.2 Å². The highest BCUT2D eigenvalue weighted by molar-refractivity contribution is 5.95. The summed E-state index contributed by atoms with van der Waals surface area (Å²) in [7, 11) is 0. The number of para-hydroxylation sites is 1. The van der Waals surface area contributed by atoms with Crippen LogP contribution >= 0.6 is 0 Å². The predicted molar refractivity (Wildman–Crippen MR) is 119 cm³/mol. The Kier molecular flexibility index (Phi) is 5.98. The van der Waals surface area contributed by atoms with Crippen molar-refractivity contribution in [3.63, 3.8) is 0 Å². The van der Waals surface area contributed by atoms with Crippen molar-refractivity contribution in [1.82, 2.24) is 9.88 Å². The zero-order valence-electron chi connectivity index (χ0n) is 17.5. The number of likely N-dealkylation sites (tertiary alicyclic amines) is 1. The molecule has 1 unspecified atom stereocenters. The minimum Gasteiger partial charge on any atom is -0.488 e. The molecule has 0 radical (unpaired) electrons. The van der Waals surface area contributed by atoms with Gasteiger partial charge in [0.25, 0.3) is 5.91 Å². The third-order valence-corrected chi connectivity index (χ3v) is 5.43. The van der Waals surface area contributed by atoms with Gasteiger partial charge in [0, 0.05) is 48.3 Å². The van der Waals surface area contributed by atoms with Crippen molar-refractivity contribution in [2.24, 2.45) is 0 Å². The zero-order valence-corrected chi connectivity index (χ0v) is 17.5. The van der Waals surface area contributed by atoms with Gasteiger partial charge in [-0.2, -0.15) is 0 Å². The quantitative estimate of drug-likeness (QED) is 0.656. The Morgan fingerprint density at radius 3 is 2.60 bits per heavy atom. The van der Waals surface area contributed by atoms with Crippen LogP contribution in [0, 0.1) is 13.8 Å². The fourth-order valence-electron chi connectivity index (χ4n) is 3.96. The lowest BCUT2D eigenvalue weighted by Crippen LogP contribution is -2.31. The Hall–Kier alpha value is -3.34. The number of amides is 1. The molecule has 1 aliphatic rings. The number of hydrogen-bond acceptors (Lipinski definition) is 4. The van der Waals surface area contributed by atoms with Gasteiger partial charge in [-0.05, 0) is 61.7 Å². The molecule has 154 valence electrons. The molecule has 1 N–H and O–H groups in total. The minimum absolute atomic E-state index is 0.0809. The number of benzene rings is 2. The highest BCUT2D eigenvalue weighted by Gasteiger charge is 2.27. The van der Waals surface area contributed by atoms with E-state index in [1.807, 2.05) is 61.2 Å². The average Bonchev–Trinajstić information content (AvgIpc) is 3.22. The third-order valence-electron chi connectivity index (χ3n) is 5.43. The Balaban J connectivity index is 1.40. The number of hydrogen-bond donors (Lipinski definition) is 1. The topological polar surface area (TPSA) is 54.5 Å². The summed E-state index contributed by atoms with van der Waals surface area (Å²) in [6.07, 6.45) is 4.50. The first-order chi connectivity index (χ1) is 14.6. The number of nitrogens with one attached hydrogen (secondary N) is 1. The summed E-state index contributed by atoms with van der Waals surface area (Å²) in [5.41, 5.74) is 4.78. The van der Waals surface area contributed by atoms with E-state index in [2.05, 4.69) is 22.4 Å². The lowest BCUT2D eigenvalue weighted by Gasteiger charge is -2.19. The second-order valence-electron chi connectivity index (χ2n) is 7.84. The Morgan fingerprint density at radius 2 is 1.90 bits per heavy atom. The predicted octanol–water partition coefficient (Wildman–Crippen LogP) is 4.60. The lowest BCUT2D eigenvalue weighted by molar-refractivity contribution is 0.0791. The maximum atomic E-state index is 13.1. The van der Waals surface area contributed by atoms with Crippen LogP contribution in [0.5, 0.6) is 5.75 Å². The molecule has 4 rings (SSSR count). The number of ether oxygens (including phenoxy) is 1. The number of anilines is 1. The maximum Gasteiger partial charge on any atom is 0.253 e. The molecule has 0 bridgehead atoms. The van der Waals surface area contributed by atoms with Crippen LogP contribution in [0.1, 0.15) is 33.5 Å². The second-order valence-corrected chi connectivity index (χ2v) is 7.84. The first kappa shape index (κ1) is 20.0. The first-order valence-electron chi connectivity index (χ1n) is 10.3. The van der Waals surface area contributed by atoms with E-state index in [1.54, 1.807) is 12.4 Å². The van der Waals surface area contributed by atoms with Crippen LogP contribution in [0.15, 0.2) is 67.0 Å².